The van der Waals surface area contributed by atoms with Crippen molar-refractivity contribution >= 4 is 0 Å². The van der Waals surface area contributed by atoms with E-state index in [4.69, 9.17) is 0 Å². The molecule has 0 fully saturated rings. The van der Waals surface area contributed by atoms with Gasteiger partial charge in [0.1, 0.15) is 0 Å². The highest BCUT2D eigenvalue weighted by atomic mass is 13.8. The van der Waals surface area contributed by atoms with Crippen LogP contribution in [0.5, 0.6) is 0 Å². The van der Waals surface area contributed by atoms with Gasteiger partial charge in [-0.2, -0.15) is 0 Å². The van der Waals surface area contributed by atoms with Crippen molar-refractivity contribution in [1.82, 2.24) is 0 Å². The fraction of sp³-hybridized carbons (Fsp3) is 0.375. The molecule has 0 spiro atoms. The Morgan fingerprint density at radius 3 is 3.25 bits per heavy atom. The molecule has 0 aromatic rings. The van der Waals surface area contributed by atoms with Crippen molar-refractivity contribution in [3.63, 3.8) is 0 Å². The van der Waals surface area contributed by atoms with E-state index in [1.807, 2.05) is 6.08 Å². The number of hydrogen-bond acceptors (Lipinski definition) is 0. The molecule has 0 heteroatoms. The van der Waals surface area contributed by atoms with Crippen LogP contribution in [0.1, 0.15) is 19.3 Å². The topological polar surface area (TPSA) is 0 Å². The van der Waals surface area contributed by atoms with Crippen LogP contribution in [0.4, 0.5) is 0 Å². The number of rotatable bonds is 0. The maximum atomic E-state index is 3.05. The van der Waals surface area contributed by atoms with Crippen molar-refractivity contribution in [1.29, 1.82) is 0 Å². The lowest BCUT2D eigenvalue weighted by Crippen LogP contribution is -1.68. The fourth-order valence-electron chi connectivity index (χ4n) is 0.709. The van der Waals surface area contributed by atoms with Gasteiger partial charge in [0, 0.05) is 0 Å². The molecule has 0 atom stereocenters. The Hall–Kier alpha value is -0.740. The second-order valence-corrected chi connectivity index (χ2v) is 1.90. The minimum atomic E-state index is 1.18. The zero-order chi connectivity index (χ0) is 5.66. The van der Waals surface area contributed by atoms with Gasteiger partial charge >= 0.3 is 0 Å². The molecular formula is C8H10. The standard InChI is InChI=1S/C8H10/c1-2-4-6-8-7-5-3-1/h1-3,7H,4,6,8H2. The summed E-state index contributed by atoms with van der Waals surface area (Å²) in [6.07, 6.45) is 11.9. The first-order chi connectivity index (χ1) is 4.00. The fourth-order valence-corrected chi connectivity index (χ4v) is 0.709. The molecule has 0 aromatic carbocycles. The van der Waals surface area contributed by atoms with E-state index < -0.39 is 0 Å². The van der Waals surface area contributed by atoms with E-state index in [0.29, 0.717) is 0 Å². The van der Waals surface area contributed by atoms with Crippen LogP contribution in [0.3, 0.4) is 0 Å². The second kappa shape index (κ2) is 3.29. The Balaban J connectivity index is 2.55. The molecule has 0 saturated heterocycles. The summed E-state index contributed by atoms with van der Waals surface area (Å²) in [5, 5.41) is 0. The highest BCUT2D eigenvalue weighted by molar-refractivity contribution is 5.03. The second-order valence-electron chi connectivity index (χ2n) is 1.90. The zero-order valence-corrected chi connectivity index (χ0v) is 4.93. The Kier molecular flexibility index (Phi) is 2.22. The van der Waals surface area contributed by atoms with Crippen LogP contribution in [-0.2, 0) is 0 Å². The van der Waals surface area contributed by atoms with Crippen LogP contribution in [-0.4, -0.2) is 0 Å². The maximum absolute atomic E-state index is 3.05. The van der Waals surface area contributed by atoms with E-state index in [2.05, 4.69) is 24.0 Å². The van der Waals surface area contributed by atoms with Crippen LogP contribution >= 0.6 is 0 Å². The highest BCUT2D eigenvalue weighted by Crippen LogP contribution is 1.99. The van der Waals surface area contributed by atoms with Gasteiger partial charge in [-0.3, -0.25) is 0 Å². The summed E-state index contributed by atoms with van der Waals surface area (Å²) in [7, 11) is 0. The van der Waals surface area contributed by atoms with Crippen molar-refractivity contribution in [2.45, 2.75) is 19.3 Å². The third-order valence-corrected chi connectivity index (χ3v) is 1.17. The molecule has 1 aliphatic rings. The summed E-state index contributed by atoms with van der Waals surface area (Å²) in [5.41, 5.74) is 3.05. The smallest absolute Gasteiger partial charge is 0.0206 e. The van der Waals surface area contributed by atoms with Gasteiger partial charge in [-0.25, -0.2) is 0 Å². The van der Waals surface area contributed by atoms with Crippen LogP contribution < -0.4 is 0 Å². The lowest BCUT2D eigenvalue weighted by molar-refractivity contribution is 0.867. The van der Waals surface area contributed by atoms with Gasteiger partial charge in [0.15, 0.2) is 0 Å². The molecule has 0 aromatic heterocycles. The molecule has 0 bridgehead atoms. The van der Waals surface area contributed by atoms with E-state index >= 15 is 0 Å². The maximum Gasteiger partial charge on any atom is -0.0206 e. The molecule has 0 radical (unpaired) electrons. The summed E-state index contributed by atoms with van der Waals surface area (Å²) in [5.74, 6) is 0. The predicted octanol–water partition coefficient (Wildman–Crippen LogP) is 2.44. The summed E-state index contributed by atoms with van der Waals surface area (Å²) >= 11 is 0. The molecule has 1 rings (SSSR count). The van der Waals surface area contributed by atoms with E-state index in [9.17, 15) is 0 Å². The Labute approximate surface area is 50.2 Å². The third kappa shape index (κ3) is 1.81. The Morgan fingerprint density at radius 1 is 1.25 bits per heavy atom. The van der Waals surface area contributed by atoms with Gasteiger partial charge in [0.25, 0.3) is 0 Å². The van der Waals surface area contributed by atoms with Crippen molar-refractivity contribution in [3.8, 4) is 0 Å². The van der Waals surface area contributed by atoms with Crippen molar-refractivity contribution < 1.29 is 0 Å². The normalized spacial score (nSPS) is 18.0. The molecule has 42 valence electrons. The van der Waals surface area contributed by atoms with Crippen molar-refractivity contribution in [3.05, 3.63) is 30.0 Å². The molecule has 0 heterocycles. The minimum Gasteiger partial charge on any atom is -0.125 e. The van der Waals surface area contributed by atoms with Crippen molar-refractivity contribution in [2.24, 2.45) is 0 Å². The first-order valence-electron chi connectivity index (χ1n) is 3.06. The van der Waals surface area contributed by atoms with Gasteiger partial charge in [0.05, 0.1) is 0 Å². The monoisotopic (exact) mass is 106 g/mol. The van der Waals surface area contributed by atoms with Crippen LogP contribution in [0.2, 0.25) is 0 Å². The van der Waals surface area contributed by atoms with Crippen LogP contribution in [0, 0.1) is 0 Å². The summed E-state index contributed by atoms with van der Waals surface area (Å²) in [4.78, 5) is 0. The zero-order valence-electron chi connectivity index (χ0n) is 4.93. The molecular weight excluding hydrogens is 96.1 g/mol. The molecule has 0 saturated carbocycles. The molecule has 0 unspecified atom stereocenters. The lowest BCUT2D eigenvalue weighted by Gasteiger charge is -1.88. The largest absolute Gasteiger partial charge is 0.125 e. The molecule has 0 N–H and O–H groups in total. The van der Waals surface area contributed by atoms with E-state index in [1.54, 1.807) is 0 Å². The van der Waals surface area contributed by atoms with Crippen molar-refractivity contribution in [2.75, 3.05) is 0 Å². The predicted molar refractivity (Wildman–Crippen MR) is 35.6 cm³/mol. The molecule has 0 amide bonds. The third-order valence-electron chi connectivity index (χ3n) is 1.17. The lowest BCUT2D eigenvalue weighted by atomic mass is 10.2. The molecule has 8 heavy (non-hydrogen) atoms. The number of hydrogen-bond donors (Lipinski definition) is 0. The average molecular weight is 106 g/mol. The molecule has 0 aliphatic heterocycles. The van der Waals surface area contributed by atoms with Gasteiger partial charge in [0.2, 0.25) is 0 Å². The van der Waals surface area contributed by atoms with Crippen LogP contribution in [0.25, 0.3) is 0 Å². The first kappa shape index (κ1) is 5.40. The quantitative estimate of drug-likeness (QED) is 0.416. The SMILES string of the molecule is C1=CC=CCCCC=1. The van der Waals surface area contributed by atoms with Crippen LogP contribution in [0.15, 0.2) is 30.0 Å². The average Bonchev–Trinajstić information content (AvgIpc) is 1.62. The Bertz CT molecular complexity index is 134. The van der Waals surface area contributed by atoms with E-state index in [0.717, 1.165) is 0 Å². The Morgan fingerprint density at radius 2 is 2.25 bits per heavy atom. The number of allylic oxidation sites excluding steroid dienone is 3. The van der Waals surface area contributed by atoms with Gasteiger partial charge in [-0.05, 0) is 31.4 Å². The van der Waals surface area contributed by atoms with E-state index in [1.165, 1.54) is 19.3 Å². The highest BCUT2D eigenvalue weighted by Gasteiger charge is 1.79. The van der Waals surface area contributed by atoms with Gasteiger partial charge in [-0.15, -0.1) is 5.73 Å². The van der Waals surface area contributed by atoms with Gasteiger partial charge in [-0.1, -0.05) is 12.2 Å². The molecule has 0 nitrogen and oxygen atoms in total. The minimum absolute atomic E-state index is 1.18. The summed E-state index contributed by atoms with van der Waals surface area (Å²) in [6.45, 7) is 0. The molecule has 1 aliphatic carbocycles. The first-order valence-corrected chi connectivity index (χ1v) is 3.06. The summed E-state index contributed by atoms with van der Waals surface area (Å²) in [6, 6.07) is 0. The van der Waals surface area contributed by atoms with Gasteiger partial charge < -0.3 is 0 Å². The van der Waals surface area contributed by atoms with E-state index in [-0.39, 0.29) is 0 Å². The summed E-state index contributed by atoms with van der Waals surface area (Å²) < 4.78 is 0.